The highest BCUT2D eigenvalue weighted by molar-refractivity contribution is 6.05. The van der Waals surface area contributed by atoms with Crippen molar-refractivity contribution in [1.29, 1.82) is 0 Å². The molecule has 1 unspecified atom stereocenters. The van der Waals surface area contributed by atoms with Gasteiger partial charge in [0.15, 0.2) is 11.3 Å². The number of azo groups is 1. The lowest BCUT2D eigenvalue weighted by Crippen LogP contribution is -2.40. The minimum Gasteiger partial charge on any atom is -0.497 e. The monoisotopic (exact) mass is 320 g/mol. The molecule has 2 aliphatic rings. The van der Waals surface area contributed by atoms with Gasteiger partial charge in [0, 0.05) is 11.5 Å². The highest BCUT2D eigenvalue weighted by Crippen LogP contribution is 2.45. The molecule has 1 aliphatic heterocycles. The molecule has 1 spiro atoms. The molecule has 2 aromatic rings. The van der Waals surface area contributed by atoms with Crippen molar-refractivity contribution in [3.8, 4) is 5.75 Å². The number of nitrogens with zero attached hydrogens (tertiary/aromatic N) is 2. The van der Waals surface area contributed by atoms with Crippen LogP contribution in [0.5, 0.6) is 5.75 Å². The van der Waals surface area contributed by atoms with Gasteiger partial charge in [0.05, 0.1) is 13.7 Å². The number of benzene rings is 2. The molecule has 4 rings (SSSR count). The standard InChI is InChI=1S/C20H20N2O2/c1-24-16-10-8-15(9-11-16)18-13-21-22-20(18)12-4-6-14-5-2-3-7-17(14)19(20)23/h2-3,5,7-11,18H,4,6,12-13H2,1H3/t18-,20?/m0/s1. The molecular formula is C20H20N2O2. The number of hydrogen-bond donors (Lipinski definition) is 0. The zero-order valence-electron chi connectivity index (χ0n) is 13.7. The molecule has 24 heavy (non-hydrogen) atoms. The predicted molar refractivity (Wildman–Crippen MR) is 91.9 cm³/mol. The molecule has 0 amide bonds. The molecule has 4 heteroatoms. The minimum absolute atomic E-state index is 0.00191. The lowest BCUT2D eigenvalue weighted by Gasteiger charge is -2.29. The predicted octanol–water partition coefficient (Wildman–Crippen LogP) is 4.20. The first-order valence-corrected chi connectivity index (χ1v) is 8.40. The second-order valence-electron chi connectivity index (χ2n) is 6.51. The third kappa shape index (κ3) is 2.25. The van der Waals surface area contributed by atoms with Crippen LogP contribution in [0.4, 0.5) is 0 Å². The maximum Gasteiger partial charge on any atom is 0.193 e. The van der Waals surface area contributed by atoms with Crippen LogP contribution in [-0.4, -0.2) is 25.0 Å². The Kier molecular flexibility index (Phi) is 3.68. The summed E-state index contributed by atoms with van der Waals surface area (Å²) in [5.41, 5.74) is 2.30. The van der Waals surface area contributed by atoms with Crippen molar-refractivity contribution in [2.24, 2.45) is 10.2 Å². The molecule has 0 saturated carbocycles. The van der Waals surface area contributed by atoms with Crippen molar-refractivity contribution >= 4 is 5.78 Å². The number of fused-ring (bicyclic) bond motifs is 1. The topological polar surface area (TPSA) is 51.0 Å². The van der Waals surface area contributed by atoms with Gasteiger partial charge in [-0.1, -0.05) is 36.4 Å². The largest absolute Gasteiger partial charge is 0.497 e. The van der Waals surface area contributed by atoms with E-state index in [1.807, 2.05) is 42.5 Å². The molecule has 1 heterocycles. The fourth-order valence-electron chi connectivity index (χ4n) is 3.97. The molecular weight excluding hydrogens is 300 g/mol. The smallest absolute Gasteiger partial charge is 0.193 e. The molecule has 0 saturated heterocycles. The lowest BCUT2D eigenvalue weighted by atomic mass is 9.74. The van der Waals surface area contributed by atoms with Gasteiger partial charge in [-0.25, -0.2) is 0 Å². The van der Waals surface area contributed by atoms with E-state index in [2.05, 4.69) is 16.3 Å². The first kappa shape index (κ1) is 15.1. The summed E-state index contributed by atoms with van der Waals surface area (Å²) in [5.74, 6) is 0.942. The maximum atomic E-state index is 13.4. The fourth-order valence-corrected chi connectivity index (χ4v) is 3.97. The van der Waals surface area contributed by atoms with Crippen LogP contribution in [0, 0.1) is 0 Å². The van der Waals surface area contributed by atoms with E-state index in [0.717, 1.165) is 41.7 Å². The second kappa shape index (κ2) is 5.86. The number of methoxy groups -OCH3 is 1. The van der Waals surface area contributed by atoms with Gasteiger partial charge in [0.2, 0.25) is 0 Å². The molecule has 0 fully saturated rings. The van der Waals surface area contributed by atoms with E-state index in [1.54, 1.807) is 7.11 Å². The van der Waals surface area contributed by atoms with Crippen molar-refractivity contribution in [3.63, 3.8) is 0 Å². The number of ether oxygens (including phenoxy) is 1. The third-order valence-corrected chi connectivity index (χ3v) is 5.27. The number of ketones is 1. The Morgan fingerprint density at radius 3 is 2.71 bits per heavy atom. The molecule has 1 aliphatic carbocycles. The lowest BCUT2D eigenvalue weighted by molar-refractivity contribution is 0.0870. The molecule has 0 bridgehead atoms. The Hall–Kier alpha value is -2.49. The summed E-state index contributed by atoms with van der Waals surface area (Å²) in [4.78, 5) is 13.4. The molecule has 2 atom stereocenters. The molecule has 0 N–H and O–H groups in total. The van der Waals surface area contributed by atoms with Crippen LogP contribution in [0.1, 0.15) is 40.2 Å². The van der Waals surface area contributed by atoms with E-state index in [4.69, 9.17) is 4.74 Å². The fraction of sp³-hybridized carbons (Fsp3) is 0.350. The van der Waals surface area contributed by atoms with Crippen LogP contribution in [0.2, 0.25) is 0 Å². The minimum atomic E-state index is -0.749. The van der Waals surface area contributed by atoms with Crippen molar-refractivity contribution in [2.75, 3.05) is 13.7 Å². The number of hydrogen-bond acceptors (Lipinski definition) is 4. The number of carbonyl (C=O) groups excluding carboxylic acids is 1. The Bertz CT molecular complexity index is 798. The summed E-state index contributed by atoms with van der Waals surface area (Å²) in [7, 11) is 1.66. The van der Waals surface area contributed by atoms with Gasteiger partial charge in [-0.05, 0) is 42.5 Å². The Balaban J connectivity index is 1.77. The molecule has 122 valence electrons. The number of Topliss-reactive ketones (excluding diaryl/α,β-unsaturated/α-hetero) is 1. The van der Waals surface area contributed by atoms with Crippen LogP contribution in [-0.2, 0) is 6.42 Å². The average Bonchev–Trinajstić information content (AvgIpc) is 3.00. The van der Waals surface area contributed by atoms with E-state index in [1.165, 1.54) is 0 Å². The molecule has 0 aromatic heterocycles. The summed E-state index contributed by atoms with van der Waals surface area (Å²) < 4.78 is 5.24. The van der Waals surface area contributed by atoms with Crippen LogP contribution in [0.15, 0.2) is 58.8 Å². The number of aryl methyl sites for hydroxylation is 1. The zero-order chi connectivity index (χ0) is 16.6. The van der Waals surface area contributed by atoms with Gasteiger partial charge in [0.25, 0.3) is 0 Å². The zero-order valence-corrected chi connectivity index (χ0v) is 13.7. The summed E-state index contributed by atoms with van der Waals surface area (Å²) in [5, 5.41) is 8.81. The Morgan fingerprint density at radius 1 is 1.12 bits per heavy atom. The van der Waals surface area contributed by atoms with Crippen LogP contribution < -0.4 is 4.74 Å². The number of carbonyl (C=O) groups is 1. The summed E-state index contributed by atoms with van der Waals surface area (Å²) >= 11 is 0. The molecule has 2 aromatic carbocycles. The van der Waals surface area contributed by atoms with Crippen LogP contribution in [0.3, 0.4) is 0 Å². The van der Waals surface area contributed by atoms with Gasteiger partial charge in [-0.3, -0.25) is 4.79 Å². The summed E-state index contributed by atoms with van der Waals surface area (Å²) in [6.07, 6.45) is 2.63. The molecule has 0 radical (unpaired) electrons. The van der Waals surface area contributed by atoms with Crippen LogP contribution >= 0.6 is 0 Å². The van der Waals surface area contributed by atoms with E-state index < -0.39 is 5.54 Å². The van der Waals surface area contributed by atoms with Gasteiger partial charge >= 0.3 is 0 Å². The average molecular weight is 320 g/mol. The maximum absolute atomic E-state index is 13.4. The van der Waals surface area contributed by atoms with E-state index in [9.17, 15) is 4.79 Å². The van der Waals surface area contributed by atoms with E-state index >= 15 is 0 Å². The van der Waals surface area contributed by atoms with Crippen molar-refractivity contribution in [3.05, 3.63) is 65.2 Å². The van der Waals surface area contributed by atoms with Gasteiger partial charge in [-0.15, -0.1) is 0 Å². The van der Waals surface area contributed by atoms with Gasteiger partial charge in [-0.2, -0.15) is 10.2 Å². The SMILES string of the molecule is COc1ccc([C@@H]2CN=NC23CCCc2ccccc2C3=O)cc1. The highest BCUT2D eigenvalue weighted by Gasteiger charge is 2.50. The van der Waals surface area contributed by atoms with Crippen molar-refractivity contribution in [1.82, 2.24) is 0 Å². The molecule has 4 nitrogen and oxygen atoms in total. The Labute approximate surface area is 141 Å². The Morgan fingerprint density at radius 2 is 1.92 bits per heavy atom. The van der Waals surface area contributed by atoms with Crippen molar-refractivity contribution in [2.45, 2.75) is 30.7 Å². The first-order chi connectivity index (χ1) is 11.7. The van der Waals surface area contributed by atoms with Crippen LogP contribution in [0.25, 0.3) is 0 Å². The third-order valence-electron chi connectivity index (χ3n) is 5.27. The van der Waals surface area contributed by atoms with Gasteiger partial charge in [0.1, 0.15) is 5.75 Å². The number of rotatable bonds is 2. The quantitative estimate of drug-likeness (QED) is 0.832. The second-order valence-corrected chi connectivity index (χ2v) is 6.51. The normalized spacial score (nSPS) is 25.5. The highest BCUT2D eigenvalue weighted by atomic mass is 16.5. The summed E-state index contributed by atoms with van der Waals surface area (Å²) in [6, 6.07) is 15.9. The summed E-state index contributed by atoms with van der Waals surface area (Å²) in [6.45, 7) is 0.570. The van der Waals surface area contributed by atoms with Crippen molar-refractivity contribution < 1.29 is 9.53 Å². The first-order valence-electron chi connectivity index (χ1n) is 8.40. The van der Waals surface area contributed by atoms with Gasteiger partial charge < -0.3 is 4.74 Å². The van der Waals surface area contributed by atoms with E-state index in [-0.39, 0.29) is 11.7 Å². The van der Waals surface area contributed by atoms with E-state index in [0.29, 0.717) is 6.54 Å².